The lowest BCUT2D eigenvalue weighted by Crippen LogP contribution is -2.46. The molecule has 1 saturated heterocycles. The van der Waals surface area contributed by atoms with E-state index in [0.29, 0.717) is 5.41 Å². The van der Waals surface area contributed by atoms with Gasteiger partial charge in [0, 0.05) is 45.2 Å². The zero-order valence-electron chi connectivity index (χ0n) is 9.46. The van der Waals surface area contributed by atoms with E-state index in [9.17, 15) is 0 Å². The lowest BCUT2D eigenvalue weighted by atomic mass is 10.1. The highest BCUT2D eigenvalue weighted by Crippen LogP contribution is 2.46. The topological polar surface area (TPSA) is 15.7 Å². The molecule has 82 valence electrons. The van der Waals surface area contributed by atoms with Gasteiger partial charge < -0.3 is 14.5 Å². The van der Waals surface area contributed by atoms with Crippen LogP contribution in [0.2, 0.25) is 0 Å². The third kappa shape index (κ3) is 2.47. The molecule has 0 aromatic carbocycles. The molecule has 2 fully saturated rings. The van der Waals surface area contributed by atoms with Crippen molar-refractivity contribution in [1.29, 1.82) is 0 Å². The Bertz CT molecular complexity index is 184. The molecule has 14 heavy (non-hydrogen) atoms. The van der Waals surface area contributed by atoms with E-state index in [1.165, 1.54) is 45.6 Å². The van der Waals surface area contributed by atoms with E-state index in [2.05, 4.69) is 16.8 Å². The van der Waals surface area contributed by atoms with Crippen LogP contribution in [0.3, 0.4) is 0 Å². The van der Waals surface area contributed by atoms with Crippen LogP contribution in [0.15, 0.2) is 0 Å². The highest BCUT2D eigenvalue weighted by molar-refractivity contribution is 4.96. The summed E-state index contributed by atoms with van der Waals surface area (Å²) in [6, 6.07) is 0. The minimum atomic E-state index is 0.532. The van der Waals surface area contributed by atoms with E-state index in [1.807, 2.05) is 7.11 Å². The molecule has 1 saturated carbocycles. The summed E-state index contributed by atoms with van der Waals surface area (Å²) < 4.78 is 5.29. The zero-order chi connectivity index (χ0) is 10.0. The van der Waals surface area contributed by atoms with Crippen LogP contribution in [0, 0.1) is 5.41 Å². The molecule has 2 aliphatic rings. The van der Waals surface area contributed by atoms with Crippen LogP contribution in [-0.4, -0.2) is 63.3 Å². The SMILES string of the molecule is COCC1(CN2CCN(C)CC2)CC1. The largest absolute Gasteiger partial charge is 0.384 e. The predicted octanol–water partition coefficient (Wildman–Crippen LogP) is 0.660. The van der Waals surface area contributed by atoms with Crippen LogP contribution >= 0.6 is 0 Å². The van der Waals surface area contributed by atoms with Crippen molar-refractivity contribution >= 4 is 0 Å². The molecule has 0 aromatic rings. The van der Waals surface area contributed by atoms with Gasteiger partial charge in [-0.2, -0.15) is 0 Å². The average Bonchev–Trinajstić information content (AvgIpc) is 2.90. The summed E-state index contributed by atoms with van der Waals surface area (Å²) in [4.78, 5) is 5.01. The second-order valence-electron chi connectivity index (χ2n) is 5.01. The van der Waals surface area contributed by atoms with Gasteiger partial charge in [-0.15, -0.1) is 0 Å². The summed E-state index contributed by atoms with van der Waals surface area (Å²) in [5, 5.41) is 0. The molecule has 0 atom stereocenters. The Balaban J connectivity index is 1.75. The van der Waals surface area contributed by atoms with Crippen molar-refractivity contribution in [2.45, 2.75) is 12.8 Å². The van der Waals surface area contributed by atoms with E-state index in [4.69, 9.17) is 4.74 Å². The maximum absolute atomic E-state index is 5.29. The molecule has 3 heteroatoms. The Morgan fingerprint density at radius 1 is 1.14 bits per heavy atom. The van der Waals surface area contributed by atoms with Gasteiger partial charge in [-0.1, -0.05) is 0 Å². The highest BCUT2D eigenvalue weighted by Gasteiger charge is 2.43. The Morgan fingerprint density at radius 2 is 1.79 bits per heavy atom. The van der Waals surface area contributed by atoms with E-state index >= 15 is 0 Å². The first-order valence-electron chi connectivity index (χ1n) is 5.64. The van der Waals surface area contributed by atoms with Gasteiger partial charge in [-0.25, -0.2) is 0 Å². The molecule has 0 bridgehead atoms. The van der Waals surface area contributed by atoms with Crippen LogP contribution in [-0.2, 0) is 4.74 Å². The Morgan fingerprint density at radius 3 is 2.29 bits per heavy atom. The molecule has 0 N–H and O–H groups in total. The summed E-state index contributed by atoms with van der Waals surface area (Å²) in [5.41, 5.74) is 0.532. The van der Waals surface area contributed by atoms with Crippen LogP contribution in [0.4, 0.5) is 0 Å². The van der Waals surface area contributed by atoms with Gasteiger partial charge in [0.2, 0.25) is 0 Å². The fourth-order valence-corrected chi connectivity index (χ4v) is 2.31. The standard InChI is InChI=1S/C11H22N2O/c1-12-5-7-13(8-6-12)9-11(3-4-11)10-14-2/h3-10H2,1-2H3. The van der Waals surface area contributed by atoms with E-state index < -0.39 is 0 Å². The Labute approximate surface area is 87.0 Å². The first-order chi connectivity index (χ1) is 6.74. The second-order valence-corrected chi connectivity index (χ2v) is 5.01. The van der Waals surface area contributed by atoms with Gasteiger partial charge in [0.1, 0.15) is 0 Å². The van der Waals surface area contributed by atoms with Gasteiger partial charge in [-0.05, 0) is 19.9 Å². The van der Waals surface area contributed by atoms with Crippen LogP contribution in [0.5, 0.6) is 0 Å². The molecular formula is C11H22N2O. The lowest BCUT2D eigenvalue weighted by molar-refractivity contribution is 0.0836. The van der Waals surface area contributed by atoms with E-state index in [1.54, 1.807) is 0 Å². The van der Waals surface area contributed by atoms with E-state index in [0.717, 1.165) is 6.61 Å². The molecule has 1 aliphatic heterocycles. The fourth-order valence-electron chi connectivity index (χ4n) is 2.31. The molecule has 1 aliphatic carbocycles. The lowest BCUT2D eigenvalue weighted by Gasteiger charge is -2.34. The van der Waals surface area contributed by atoms with Crippen molar-refractivity contribution in [3.8, 4) is 0 Å². The summed E-state index contributed by atoms with van der Waals surface area (Å²) >= 11 is 0. The molecule has 0 aromatic heterocycles. The minimum Gasteiger partial charge on any atom is -0.384 e. The average molecular weight is 198 g/mol. The van der Waals surface area contributed by atoms with Crippen molar-refractivity contribution in [2.75, 3.05) is 53.5 Å². The summed E-state index contributed by atoms with van der Waals surface area (Å²) in [6.45, 7) is 7.14. The second kappa shape index (κ2) is 4.17. The monoisotopic (exact) mass is 198 g/mol. The molecule has 0 amide bonds. The molecular weight excluding hydrogens is 176 g/mol. The fraction of sp³-hybridized carbons (Fsp3) is 1.00. The Kier molecular flexibility index (Phi) is 3.10. The van der Waals surface area contributed by atoms with Gasteiger partial charge >= 0.3 is 0 Å². The quantitative estimate of drug-likeness (QED) is 0.660. The van der Waals surface area contributed by atoms with Gasteiger partial charge in [-0.3, -0.25) is 0 Å². The van der Waals surface area contributed by atoms with Gasteiger partial charge in [0.25, 0.3) is 0 Å². The normalized spacial score (nSPS) is 27.9. The number of piperazine rings is 1. The molecule has 0 radical (unpaired) electrons. The molecule has 2 rings (SSSR count). The third-order valence-corrected chi connectivity index (χ3v) is 3.56. The maximum atomic E-state index is 5.29. The smallest absolute Gasteiger partial charge is 0.0530 e. The molecule has 1 heterocycles. The molecule has 0 unspecified atom stereocenters. The van der Waals surface area contributed by atoms with Crippen LogP contribution in [0.25, 0.3) is 0 Å². The highest BCUT2D eigenvalue weighted by atomic mass is 16.5. The summed E-state index contributed by atoms with van der Waals surface area (Å²) in [6.07, 6.45) is 2.74. The van der Waals surface area contributed by atoms with Crippen molar-refractivity contribution in [1.82, 2.24) is 9.80 Å². The van der Waals surface area contributed by atoms with Gasteiger partial charge in [0.05, 0.1) is 6.61 Å². The molecule has 3 nitrogen and oxygen atoms in total. The van der Waals surface area contributed by atoms with Crippen molar-refractivity contribution in [3.63, 3.8) is 0 Å². The molecule has 0 spiro atoms. The number of methoxy groups -OCH3 is 1. The number of nitrogens with zero attached hydrogens (tertiary/aromatic N) is 2. The first-order valence-corrected chi connectivity index (χ1v) is 5.64. The summed E-state index contributed by atoms with van der Waals surface area (Å²) in [5.74, 6) is 0. The van der Waals surface area contributed by atoms with Crippen molar-refractivity contribution < 1.29 is 4.74 Å². The van der Waals surface area contributed by atoms with Crippen LogP contribution < -0.4 is 0 Å². The first kappa shape index (κ1) is 10.4. The number of likely N-dealkylation sites (N-methyl/N-ethyl adjacent to an activating group) is 1. The third-order valence-electron chi connectivity index (χ3n) is 3.56. The Hall–Kier alpha value is -0.120. The number of ether oxygens (including phenoxy) is 1. The minimum absolute atomic E-state index is 0.532. The van der Waals surface area contributed by atoms with Crippen LogP contribution in [0.1, 0.15) is 12.8 Å². The predicted molar refractivity (Wildman–Crippen MR) is 57.5 cm³/mol. The maximum Gasteiger partial charge on any atom is 0.0530 e. The zero-order valence-corrected chi connectivity index (χ0v) is 9.46. The van der Waals surface area contributed by atoms with Gasteiger partial charge in [0.15, 0.2) is 0 Å². The number of hydrogen-bond acceptors (Lipinski definition) is 3. The van der Waals surface area contributed by atoms with Crippen molar-refractivity contribution in [2.24, 2.45) is 5.41 Å². The van der Waals surface area contributed by atoms with Crippen molar-refractivity contribution in [3.05, 3.63) is 0 Å². The summed E-state index contributed by atoms with van der Waals surface area (Å²) in [7, 11) is 4.03. The number of hydrogen-bond donors (Lipinski definition) is 0. The van der Waals surface area contributed by atoms with E-state index in [-0.39, 0.29) is 0 Å². The number of rotatable bonds is 4.